The smallest absolute Gasteiger partial charge is 0.254 e. The van der Waals surface area contributed by atoms with E-state index in [1.807, 2.05) is 11.0 Å². The molecule has 1 aliphatic carbocycles. The van der Waals surface area contributed by atoms with Crippen LogP contribution in [0, 0.1) is 6.92 Å². The van der Waals surface area contributed by atoms with Crippen LogP contribution in [0.1, 0.15) is 52.7 Å². The molecule has 0 spiro atoms. The van der Waals surface area contributed by atoms with E-state index >= 15 is 0 Å². The molecular formula is C19H26N2O3S. The number of nitrogens with zero attached hydrogens (tertiary/aromatic N) is 2. The number of piperidine rings is 1. The third-order valence-corrected chi connectivity index (χ3v) is 8.05. The Morgan fingerprint density at radius 3 is 2.44 bits per heavy atom. The van der Waals surface area contributed by atoms with E-state index < -0.39 is 10.0 Å². The quantitative estimate of drug-likeness (QED) is 0.810. The van der Waals surface area contributed by atoms with Gasteiger partial charge in [0.05, 0.1) is 5.75 Å². The summed E-state index contributed by atoms with van der Waals surface area (Å²) in [4.78, 5) is 14.9. The second kappa shape index (κ2) is 6.40. The Balaban J connectivity index is 1.47. The van der Waals surface area contributed by atoms with Gasteiger partial charge in [-0.25, -0.2) is 8.42 Å². The number of carbonyl (C=O) groups excluding carboxylic acids is 1. The van der Waals surface area contributed by atoms with Crippen molar-refractivity contribution in [1.29, 1.82) is 0 Å². The average Bonchev–Trinajstić information content (AvgIpc) is 3.22. The van der Waals surface area contributed by atoms with Gasteiger partial charge in [-0.3, -0.25) is 4.79 Å². The third kappa shape index (κ3) is 2.99. The Morgan fingerprint density at radius 2 is 1.76 bits per heavy atom. The topological polar surface area (TPSA) is 57.7 Å². The van der Waals surface area contributed by atoms with Crippen LogP contribution in [0.25, 0.3) is 0 Å². The minimum Gasteiger partial charge on any atom is -0.339 e. The standard InChI is InChI=1S/C19H26N2O3S/c1-14-6-7-18(17-5-2-4-16(14)17)19(22)20-11-8-15(9-12-20)21-10-3-13-25(21,23)24/h6-7,15H,2-5,8-13H2,1H3. The highest BCUT2D eigenvalue weighted by Gasteiger charge is 2.37. The molecule has 0 atom stereocenters. The van der Waals surface area contributed by atoms with E-state index in [1.54, 1.807) is 4.31 Å². The molecule has 3 aliphatic rings. The fourth-order valence-electron chi connectivity index (χ4n) is 4.68. The van der Waals surface area contributed by atoms with Crippen molar-refractivity contribution in [1.82, 2.24) is 9.21 Å². The van der Waals surface area contributed by atoms with Gasteiger partial charge in [0.15, 0.2) is 0 Å². The molecular weight excluding hydrogens is 336 g/mol. The van der Waals surface area contributed by atoms with Gasteiger partial charge in [0, 0.05) is 31.2 Å². The summed E-state index contributed by atoms with van der Waals surface area (Å²) in [5, 5.41) is 0. The molecule has 1 amide bonds. The van der Waals surface area contributed by atoms with E-state index in [1.165, 1.54) is 16.7 Å². The summed E-state index contributed by atoms with van der Waals surface area (Å²) in [6.45, 7) is 4.07. The van der Waals surface area contributed by atoms with Gasteiger partial charge in [0.2, 0.25) is 10.0 Å². The lowest BCUT2D eigenvalue weighted by Gasteiger charge is -2.36. The van der Waals surface area contributed by atoms with Gasteiger partial charge in [-0.15, -0.1) is 0 Å². The largest absolute Gasteiger partial charge is 0.339 e. The van der Waals surface area contributed by atoms with E-state index in [-0.39, 0.29) is 17.7 Å². The Kier molecular flexibility index (Phi) is 4.36. The lowest BCUT2D eigenvalue weighted by molar-refractivity contribution is 0.0680. The first-order valence-electron chi connectivity index (χ1n) is 9.37. The van der Waals surface area contributed by atoms with Crippen LogP contribution in [0.4, 0.5) is 0 Å². The van der Waals surface area contributed by atoms with E-state index in [0.717, 1.165) is 44.1 Å². The van der Waals surface area contributed by atoms with Gasteiger partial charge in [-0.1, -0.05) is 6.07 Å². The number of likely N-dealkylation sites (tertiary alicyclic amines) is 1. The fraction of sp³-hybridized carbons (Fsp3) is 0.632. The number of carbonyl (C=O) groups is 1. The molecule has 0 saturated carbocycles. The van der Waals surface area contributed by atoms with Crippen LogP contribution in [0.5, 0.6) is 0 Å². The first kappa shape index (κ1) is 17.0. The SMILES string of the molecule is Cc1ccc(C(=O)N2CCC(N3CCCS3(=O)=O)CC2)c2c1CCC2. The summed E-state index contributed by atoms with van der Waals surface area (Å²) in [5.74, 6) is 0.405. The van der Waals surface area contributed by atoms with Gasteiger partial charge in [0.25, 0.3) is 5.91 Å². The first-order valence-corrected chi connectivity index (χ1v) is 11.0. The summed E-state index contributed by atoms with van der Waals surface area (Å²) in [6, 6.07) is 4.13. The molecule has 0 bridgehead atoms. The van der Waals surface area contributed by atoms with E-state index in [4.69, 9.17) is 0 Å². The van der Waals surface area contributed by atoms with Crippen LogP contribution in [0.3, 0.4) is 0 Å². The predicted molar refractivity (Wildman–Crippen MR) is 97.2 cm³/mol. The van der Waals surface area contributed by atoms with Crippen molar-refractivity contribution in [3.05, 3.63) is 34.4 Å². The van der Waals surface area contributed by atoms with E-state index in [0.29, 0.717) is 19.6 Å². The van der Waals surface area contributed by atoms with Crippen molar-refractivity contribution in [2.24, 2.45) is 0 Å². The maximum atomic E-state index is 13.0. The van der Waals surface area contributed by atoms with Gasteiger partial charge in [-0.05, 0) is 68.2 Å². The fourth-order valence-corrected chi connectivity index (χ4v) is 6.48. The van der Waals surface area contributed by atoms with Crippen molar-refractivity contribution in [2.75, 3.05) is 25.4 Å². The molecule has 0 aromatic heterocycles. The number of fused-ring (bicyclic) bond motifs is 1. The number of rotatable bonds is 2. The molecule has 0 unspecified atom stereocenters. The van der Waals surface area contributed by atoms with Crippen LogP contribution in [-0.4, -0.2) is 55.0 Å². The highest BCUT2D eigenvalue weighted by molar-refractivity contribution is 7.89. The number of hydrogen-bond acceptors (Lipinski definition) is 3. The molecule has 4 rings (SSSR count). The minimum atomic E-state index is -3.06. The number of aryl methyl sites for hydroxylation is 1. The molecule has 2 saturated heterocycles. The Morgan fingerprint density at radius 1 is 1.04 bits per heavy atom. The third-order valence-electron chi connectivity index (χ3n) is 6.05. The second-order valence-electron chi connectivity index (χ2n) is 7.54. The zero-order chi connectivity index (χ0) is 17.6. The van der Waals surface area contributed by atoms with Gasteiger partial charge < -0.3 is 4.90 Å². The monoisotopic (exact) mass is 362 g/mol. The number of benzene rings is 1. The summed E-state index contributed by atoms with van der Waals surface area (Å²) in [6.07, 6.45) is 5.45. The maximum absolute atomic E-state index is 13.0. The number of sulfonamides is 1. The van der Waals surface area contributed by atoms with Gasteiger partial charge in [0.1, 0.15) is 0 Å². The Labute approximate surface area is 150 Å². The maximum Gasteiger partial charge on any atom is 0.254 e. The van der Waals surface area contributed by atoms with Crippen LogP contribution in [0.2, 0.25) is 0 Å². The highest BCUT2D eigenvalue weighted by atomic mass is 32.2. The number of hydrogen-bond donors (Lipinski definition) is 0. The molecule has 1 aromatic carbocycles. The van der Waals surface area contributed by atoms with Crippen LogP contribution in [0.15, 0.2) is 12.1 Å². The Hall–Kier alpha value is -1.40. The van der Waals surface area contributed by atoms with Crippen molar-refractivity contribution in [3.8, 4) is 0 Å². The molecule has 6 heteroatoms. The van der Waals surface area contributed by atoms with Gasteiger partial charge >= 0.3 is 0 Å². The highest BCUT2D eigenvalue weighted by Crippen LogP contribution is 2.30. The van der Waals surface area contributed by atoms with Crippen LogP contribution >= 0.6 is 0 Å². The molecule has 25 heavy (non-hydrogen) atoms. The summed E-state index contributed by atoms with van der Waals surface area (Å²) >= 11 is 0. The normalized spacial score (nSPS) is 23.8. The van der Waals surface area contributed by atoms with Gasteiger partial charge in [-0.2, -0.15) is 4.31 Å². The molecule has 2 heterocycles. The first-order chi connectivity index (χ1) is 12.0. The Bertz CT molecular complexity index is 795. The second-order valence-corrected chi connectivity index (χ2v) is 9.59. The zero-order valence-electron chi connectivity index (χ0n) is 14.8. The molecule has 136 valence electrons. The molecule has 2 aliphatic heterocycles. The van der Waals surface area contributed by atoms with Crippen LogP contribution < -0.4 is 0 Å². The van der Waals surface area contributed by atoms with Crippen molar-refractivity contribution >= 4 is 15.9 Å². The van der Waals surface area contributed by atoms with Crippen molar-refractivity contribution in [3.63, 3.8) is 0 Å². The lowest BCUT2D eigenvalue weighted by Crippen LogP contribution is -2.47. The average molecular weight is 362 g/mol. The van der Waals surface area contributed by atoms with Crippen LogP contribution in [-0.2, 0) is 22.9 Å². The molecule has 1 aromatic rings. The molecule has 0 N–H and O–H groups in total. The number of amides is 1. The van der Waals surface area contributed by atoms with Crippen molar-refractivity contribution in [2.45, 2.75) is 51.5 Å². The van der Waals surface area contributed by atoms with Crippen molar-refractivity contribution < 1.29 is 13.2 Å². The molecule has 0 radical (unpaired) electrons. The van der Waals surface area contributed by atoms with E-state index in [2.05, 4.69) is 13.0 Å². The zero-order valence-corrected chi connectivity index (χ0v) is 15.6. The van der Waals surface area contributed by atoms with E-state index in [9.17, 15) is 13.2 Å². The summed E-state index contributed by atoms with van der Waals surface area (Å²) in [7, 11) is -3.06. The minimum absolute atomic E-state index is 0.0697. The summed E-state index contributed by atoms with van der Waals surface area (Å²) < 4.78 is 25.9. The lowest BCUT2D eigenvalue weighted by atomic mass is 9.97. The predicted octanol–water partition coefficient (Wildman–Crippen LogP) is 2.12. The molecule has 5 nitrogen and oxygen atoms in total. The summed E-state index contributed by atoms with van der Waals surface area (Å²) in [5.41, 5.74) is 4.77. The molecule has 2 fully saturated rings.